The highest BCUT2D eigenvalue weighted by Gasteiger charge is 2.79. The van der Waals surface area contributed by atoms with Crippen LogP contribution in [-0.2, 0) is 66.6 Å². The molecule has 3 aliphatic carbocycles. The van der Waals surface area contributed by atoms with Crippen LogP contribution >= 0.6 is 0 Å². The average molecular weight is 1020 g/mol. The van der Waals surface area contributed by atoms with Crippen LogP contribution in [0, 0.1) is 16.7 Å². The molecule has 22 heteroatoms. The monoisotopic (exact) mass is 1020 g/mol. The van der Waals surface area contributed by atoms with Crippen molar-refractivity contribution in [2.24, 2.45) is 16.7 Å². The van der Waals surface area contributed by atoms with Gasteiger partial charge in [-0.1, -0.05) is 62.4 Å². The van der Waals surface area contributed by atoms with Gasteiger partial charge in [0.05, 0.1) is 29.6 Å². The number of esters is 4. The first-order valence-electron chi connectivity index (χ1n) is 22.8. The van der Waals surface area contributed by atoms with Crippen molar-refractivity contribution in [3.8, 4) is 0 Å². The Morgan fingerprint density at radius 3 is 1.97 bits per heavy atom. The molecule has 1 amide bonds. The number of carbonyl (C=O) groups excluding carboxylic acids is 6. The molecule has 4 fully saturated rings. The van der Waals surface area contributed by atoms with E-state index < -0.39 is 153 Å². The number of rotatable bonds is 9. The molecule has 2 saturated heterocycles. The molecule has 2 aliphatic heterocycles. The smallest absolute Gasteiger partial charge is 0.456 e. The van der Waals surface area contributed by atoms with Crippen molar-refractivity contribution in [3.63, 3.8) is 0 Å². The number of fused-ring (bicyclic) bond motifs is 5. The molecule has 2 bridgehead atoms. The first-order chi connectivity index (χ1) is 32.6. The maximum Gasteiger partial charge on any atom is 0.523 e. The van der Waals surface area contributed by atoms with Crippen LogP contribution in [0.15, 0.2) is 71.8 Å². The number of halogens is 3. The van der Waals surface area contributed by atoms with E-state index in [0.717, 1.165) is 20.8 Å². The van der Waals surface area contributed by atoms with E-state index in [4.69, 9.17) is 37.3 Å². The lowest BCUT2D eigenvalue weighted by Gasteiger charge is -2.67. The van der Waals surface area contributed by atoms with Gasteiger partial charge in [0.2, 0.25) is 0 Å². The largest absolute Gasteiger partial charge is 0.523 e. The normalized spacial score (nSPS) is 33.2. The fourth-order valence-corrected chi connectivity index (χ4v) is 11.9. The van der Waals surface area contributed by atoms with Crippen molar-refractivity contribution in [2.75, 3.05) is 6.61 Å². The predicted octanol–water partition coefficient (Wildman–Crippen LogP) is 6.19. The number of benzene rings is 2. The summed E-state index contributed by atoms with van der Waals surface area (Å²) in [5, 5.41) is 13.9. The van der Waals surface area contributed by atoms with Crippen molar-refractivity contribution in [2.45, 2.75) is 160 Å². The number of carbonyl (C=O) groups is 6. The molecule has 0 radical (unpaired) electrons. The first-order valence-corrected chi connectivity index (χ1v) is 24.2. The van der Waals surface area contributed by atoms with E-state index in [1.54, 1.807) is 57.2 Å². The fraction of sp³-hybridized carbons (Fsp3) is 0.592. The van der Waals surface area contributed by atoms with Crippen LogP contribution in [0.5, 0.6) is 0 Å². The second-order valence-corrected chi connectivity index (χ2v) is 22.4. The molecule has 2 unspecified atom stereocenters. The van der Waals surface area contributed by atoms with Crippen LogP contribution < -0.4 is 0 Å². The highest BCUT2D eigenvalue weighted by atomic mass is 32.2. The zero-order valence-electron chi connectivity index (χ0n) is 41.0. The van der Waals surface area contributed by atoms with E-state index in [0.29, 0.717) is 5.56 Å². The Balaban J connectivity index is 1.47. The number of nitrogens with zero attached hydrogens (tertiary/aromatic N) is 1. The fourth-order valence-electron chi connectivity index (χ4n) is 11.2. The van der Waals surface area contributed by atoms with Crippen LogP contribution in [-0.4, -0.2) is 125 Å². The summed E-state index contributed by atoms with van der Waals surface area (Å²) in [5.74, 6) is -7.81. The van der Waals surface area contributed by atoms with Gasteiger partial charge < -0.3 is 38.3 Å². The summed E-state index contributed by atoms with van der Waals surface area (Å²) in [7, 11) is -6.57. The maximum absolute atomic E-state index is 15.9. The number of hydrogen-bond acceptors (Lipinski definition) is 17. The van der Waals surface area contributed by atoms with Gasteiger partial charge >= 0.3 is 45.6 Å². The highest BCUT2D eigenvalue weighted by Crippen LogP contribution is 2.65. The van der Waals surface area contributed by atoms with Crippen LogP contribution in [0.1, 0.15) is 111 Å². The molecule has 7 rings (SSSR count). The first kappa shape index (κ1) is 53.4. The Bertz CT molecular complexity index is 2630. The Hall–Kier alpha value is -5.42. The van der Waals surface area contributed by atoms with E-state index >= 15 is 4.79 Å². The van der Waals surface area contributed by atoms with Crippen molar-refractivity contribution >= 4 is 45.9 Å². The van der Waals surface area contributed by atoms with Crippen molar-refractivity contribution in [3.05, 3.63) is 82.9 Å². The molecule has 11 atom stereocenters. The molecule has 0 spiro atoms. The summed E-state index contributed by atoms with van der Waals surface area (Å²) in [5.41, 5.74) is -18.1. The summed E-state index contributed by atoms with van der Waals surface area (Å²) in [4.78, 5) is 87.1. The van der Waals surface area contributed by atoms with Gasteiger partial charge in [0, 0.05) is 32.1 Å². The highest BCUT2D eigenvalue weighted by molar-refractivity contribution is 7.87. The second-order valence-electron chi connectivity index (χ2n) is 20.8. The number of alkyl halides is 3. The van der Waals surface area contributed by atoms with E-state index in [1.807, 2.05) is 0 Å². The molecule has 71 heavy (non-hydrogen) atoms. The van der Waals surface area contributed by atoms with Gasteiger partial charge in [-0.05, 0) is 77.3 Å². The SMILES string of the molecule is CC(=O)O[C@H]1C(=O)[C@@]2(C)C(C(OC(=O)c3ccccc3)[C@]3(O)C[C@H](OC(=O)[C@@H]4OC(C)(C)N(C(=O)OC(C)(C)C)[C@H]4c4ccccc4)C(C)=C1C3(C)C)[C@]1(OC(C)=O)CO[C@@H]1C[C@@H]2OS(=O)(=O)C(F)(F)F. The van der Waals surface area contributed by atoms with Gasteiger partial charge in [0.1, 0.15) is 41.3 Å². The lowest BCUT2D eigenvalue weighted by atomic mass is 9.44. The van der Waals surface area contributed by atoms with Crippen LogP contribution in [0.25, 0.3) is 0 Å². The quantitative estimate of drug-likeness (QED) is 0.0969. The van der Waals surface area contributed by atoms with Crippen LogP contribution in [0.2, 0.25) is 0 Å². The van der Waals surface area contributed by atoms with Gasteiger partial charge in [0.15, 0.2) is 23.6 Å². The number of aliphatic hydroxyl groups is 1. The van der Waals surface area contributed by atoms with Gasteiger partial charge in [-0.25, -0.2) is 14.4 Å². The third-order valence-corrected chi connectivity index (χ3v) is 15.5. The van der Waals surface area contributed by atoms with Gasteiger partial charge in [0.25, 0.3) is 0 Å². The number of ketones is 1. The van der Waals surface area contributed by atoms with Gasteiger partial charge in [-0.3, -0.25) is 23.5 Å². The third-order valence-electron chi connectivity index (χ3n) is 14.5. The van der Waals surface area contributed by atoms with E-state index in [1.165, 1.54) is 63.8 Å². The average Bonchev–Trinajstić information content (AvgIpc) is 3.54. The lowest BCUT2D eigenvalue weighted by molar-refractivity contribution is -0.344. The molecule has 1 N–H and O–H groups in total. The topological polar surface area (TPSA) is 234 Å². The summed E-state index contributed by atoms with van der Waals surface area (Å²) in [6.45, 7) is 14.5. The molecule has 0 aromatic heterocycles. The number of ether oxygens (including phenoxy) is 7. The Labute approximate surface area is 408 Å². The van der Waals surface area contributed by atoms with E-state index in [9.17, 15) is 50.7 Å². The molecule has 2 heterocycles. The summed E-state index contributed by atoms with van der Waals surface area (Å²) < 4.78 is 116. The zero-order valence-corrected chi connectivity index (χ0v) is 41.8. The molecule has 5 aliphatic rings. The minimum absolute atomic E-state index is 0.0175. The van der Waals surface area contributed by atoms with E-state index in [-0.39, 0.29) is 16.7 Å². The molecular weight excluding hydrogens is 964 g/mol. The van der Waals surface area contributed by atoms with Crippen LogP contribution in [0.3, 0.4) is 0 Å². The molecule has 18 nitrogen and oxygen atoms in total. The Morgan fingerprint density at radius 2 is 1.45 bits per heavy atom. The molecule has 2 aromatic rings. The molecular formula is C49H58F3NO17S. The number of hydrogen-bond donors (Lipinski definition) is 1. The summed E-state index contributed by atoms with van der Waals surface area (Å²) >= 11 is 0. The third kappa shape index (κ3) is 9.01. The lowest BCUT2D eigenvalue weighted by Crippen LogP contribution is -2.82. The number of Topliss-reactive ketones (excluding diaryl/α,β-unsaturated/α-hetero) is 1. The summed E-state index contributed by atoms with van der Waals surface area (Å²) in [6, 6.07) is 14.4. The minimum Gasteiger partial charge on any atom is -0.456 e. The van der Waals surface area contributed by atoms with Gasteiger partial charge in [-0.15, -0.1) is 0 Å². The number of amides is 1. The van der Waals surface area contributed by atoms with Crippen molar-refractivity contribution in [1.82, 2.24) is 4.90 Å². The van der Waals surface area contributed by atoms with Crippen molar-refractivity contribution < 1.29 is 92.8 Å². The minimum atomic E-state index is -6.57. The standard InChI is InChI=1S/C49H58F3NO17S/c1-25-30(65-41(58)36-34(28-18-14-12-15-19-28)53(45(9,10)68-36)42(59)69-43(4,5)6)23-48(60)39(66-40(57)29-20-16-13-17-21-29)37-46(11,38(56)35(64-26(2)54)33(25)44(48,7)8)31(70-71(61,62)49(50,51)52)22-32-47(37,24-63-32)67-27(3)55/h12-21,30-32,34-37,39,60H,22-24H2,1-11H3/t30-,31-,32+,34-,35+,36+,37?,39?,46+,47-,48+/m0/s1. The van der Waals surface area contributed by atoms with Crippen molar-refractivity contribution in [1.29, 1.82) is 0 Å². The molecule has 2 aromatic carbocycles. The molecule has 2 saturated carbocycles. The Morgan fingerprint density at radius 1 is 0.859 bits per heavy atom. The maximum atomic E-state index is 15.9. The van der Waals surface area contributed by atoms with Gasteiger partial charge in [-0.2, -0.15) is 21.6 Å². The van der Waals surface area contributed by atoms with E-state index in [2.05, 4.69) is 0 Å². The van der Waals surface area contributed by atoms with Crippen LogP contribution in [0.4, 0.5) is 18.0 Å². The Kier molecular flexibility index (Phi) is 13.5. The predicted molar refractivity (Wildman–Crippen MR) is 239 cm³/mol. The zero-order chi connectivity index (χ0) is 52.8. The second kappa shape index (κ2) is 18.0. The molecule has 388 valence electrons. The summed E-state index contributed by atoms with van der Waals surface area (Å²) in [6.07, 6.45) is -14.1.